The fourth-order valence-electron chi connectivity index (χ4n) is 4.03. The molecule has 6 nitrogen and oxygen atoms in total. The molecule has 0 radical (unpaired) electrons. The normalized spacial score (nSPS) is 13.8. The van der Waals surface area contributed by atoms with Crippen LogP contribution >= 0.6 is 11.3 Å². The molecule has 0 aliphatic carbocycles. The van der Waals surface area contributed by atoms with Gasteiger partial charge in [-0.25, -0.2) is 4.98 Å². The van der Waals surface area contributed by atoms with Crippen molar-refractivity contribution >= 4 is 55.8 Å². The molecule has 3 amide bonds. The van der Waals surface area contributed by atoms with E-state index >= 15 is 0 Å². The lowest BCUT2D eigenvalue weighted by molar-refractivity contribution is -0.121. The molecular formula is C27H23N3O3S. The summed E-state index contributed by atoms with van der Waals surface area (Å²) in [5, 5.41) is 0.581. The van der Waals surface area contributed by atoms with Crippen molar-refractivity contribution in [2.24, 2.45) is 0 Å². The van der Waals surface area contributed by atoms with Crippen LogP contribution in [0.4, 0.5) is 16.5 Å². The van der Waals surface area contributed by atoms with E-state index in [-0.39, 0.29) is 30.6 Å². The minimum absolute atomic E-state index is 0.217. The average Bonchev–Trinajstić information content (AvgIpc) is 3.42. The Morgan fingerprint density at radius 3 is 2.18 bits per heavy atom. The highest BCUT2D eigenvalue weighted by Gasteiger charge is 2.30. The predicted molar refractivity (Wildman–Crippen MR) is 135 cm³/mol. The summed E-state index contributed by atoms with van der Waals surface area (Å²) in [4.78, 5) is 45.4. The Morgan fingerprint density at radius 1 is 0.912 bits per heavy atom. The zero-order valence-corrected chi connectivity index (χ0v) is 19.7. The van der Waals surface area contributed by atoms with Gasteiger partial charge in [0.25, 0.3) is 5.91 Å². The monoisotopic (exact) mass is 469 g/mol. The molecule has 1 aliphatic rings. The summed E-state index contributed by atoms with van der Waals surface area (Å²) in [6.45, 7) is 4.26. The number of para-hydroxylation sites is 1. The Bertz CT molecular complexity index is 1340. The van der Waals surface area contributed by atoms with Gasteiger partial charge in [0.2, 0.25) is 11.8 Å². The fourth-order valence-corrected chi connectivity index (χ4v) is 5.01. The second-order valence-electron chi connectivity index (χ2n) is 8.52. The number of carbonyl (C=O) groups excluding carboxylic acids is 3. The van der Waals surface area contributed by atoms with Crippen LogP contribution in [0.15, 0.2) is 72.8 Å². The SMILES string of the molecule is CC(C)c1ccc(N(C(=O)c2ccc(N3C(=O)CCC3=O)cc2)c2nc3ccccc3s2)cc1. The molecule has 1 saturated heterocycles. The first-order valence-electron chi connectivity index (χ1n) is 11.2. The van der Waals surface area contributed by atoms with Gasteiger partial charge >= 0.3 is 0 Å². The topological polar surface area (TPSA) is 70.6 Å². The van der Waals surface area contributed by atoms with Gasteiger partial charge in [-0.1, -0.05) is 49.4 Å². The number of nitrogens with zero attached hydrogens (tertiary/aromatic N) is 3. The van der Waals surface area contributed by atoms with Gasteiger partial charge in [0, 0.05) is 18.4 Å². The third-order valence-corrected chi connectivity index (χ3v) is 6.94. The van der Waals surface area contributed by atoms with Crippen LogP contribution in [0.3, 0.4) is 0 Å². The van der Waals surface area contributed by atoms with Gasteiger partial charge in [-0.15, -0.1) is 0 Å². The smallest absolute Gasteiger partial charge is 0.264 e. The molecule has 1 fully saturated rings. The number of rotatable bonds is 5. The van der Waals surface area contributed by atoms with E-state index in [0.717, 1.165) is 15.9 Å². The van der Waals surface area contributed by atoms with Gasteiger partial charge in [-0.05, 0) is 60.0 Å². The summed E-state index contributed by atoms with van der Waals surface area (Å²) >= 11 is 1.45. The number of fused-ring (bicyclic) bond motifs is 1. The Balaban J connectivity index is 1.53. The quantitative estimate of drug-likeness (QED) is 0.334. The molecule has 0 atom stereocenters. The standard InChI is InChI=1S/C27H23N3O3S/c1-17(2)18-7-11-21(12-8-18)30(27-28-22-5-3-4-6-23(22)34-27)26(33)19-9-13-20(14-10-19)29-24(31)15-16-25(29)32/h3-14,17H,15-16H2,1-2H3. The maximum Gasteiger partial charge on any atom is 0.264 e. The maximum absolute atomic E-state index is 13.7. The summed E-state index contributed by atoms with van der Waals surface area (Å²) in [7, 11) is 0. The number of thiazole rings is 1. The van der Waals surface area contributed by atoms with E-state index in [2.05, 4.69) is 13.8 Å². The summed E-state index contributed by atoms with van der Waals surface area (Å²) in [5.74, 6) is -0.290. The average molecular weight is 470 g/mol. The summed E-state index contributed by atoms with van der Waals surface area (Å²) in [6.07, 6.45) is 0.439. The highest BCUT2D eigenvalue weighted by atomic mass is 32.1. The molecule has 2 heterocycles. The highest BCUT2D eigenvalue weighted by Crippen LogP contribution is 2.35. The number of aromatic nitrogens is 1. The van der Waals surface area contributed by atoms with Crippen molar-refractivity contribution in [1.29, 1.82) is 0 Å². The number of anilines is 3. The molecule has 0 N–H and O–H groups in total. The summed E-state index contributed by atoms with van der Waals surface area (Å²) in [5.41, 5.74) is 3.67. The van der Waals surface area contributed by atoms with Gasteiger partial charge in [-0.3, -0.25) is 24.2 Å². The molecule has 0 unspecified atom stereocenters. The minimum Gasteiger partial charge on any atom is -0.274 e. The number of hydrogen-bond donors (Lipinski definition) is 0. The van der Waals surface area contributed by atoms with Crippen molar-refractivity contribution in [3.05, 3.63) is 83.9 Å². The largest absolute Gasteiger partial charge is 0.274 e. The van der Waals surface area contributed by atoms with E-state index in [1.165, 1.54) is 21.8 Å². The first-order valence-corrected chi connectivity index (χ1v) is 12.0. The van der Waals surface area contributed by atoms with E-state index in [1.807, 2.05) is 48.5 Å². The van der Waals surface area contributed by atoms with Crippen LogP contribution in [0.1, 0.15) is 48.5 Å². The number of carbonyl (C=O) groups is 3. The molecule has 7 heteroatoms. The molecule has 3 aromatic carbocycles. The van der Waals surface area contributed by atoms with E-state index in [0.29, 0.717) is 22.3 Å². The van der Waals surface area contributed by atoms with Crippen molar-refractivity contribution < 1.29 is 14.4 Å². The van der Waals surface area contributed by atoms with E-state index in [9.17, 15) is 14.4 Å². The first-order chi connectivity index (χ1) is 16.4. The van der Waals surface area contributed by atoms with Crippen molar-refractivity contribution in [1.82, 2.24) is 4.98 Å². The second-order valence-corrected chi connectivity index (χ2v) is 9.53. The van der Waals surface area contributed by atoms with Crippen LogP contribution in [0.5, 0.6) is 0 Å². The zero-order chi connectivity index (χ0) is 23.8. The number of benzene rings is 3. The highest BCUT2D eigenvalue weighted by molar-refractivity contribution is 7.22. The molecule has 0 saturated carbocycles. The Kier molecular flexibility index (Phi) is 5.71. The molecule has 0 bridgehead atoms. The molecule has 1 aromatic heterocycles. The molecule has 5 rings (SSSR count). The van der Waals surface area contributed by atoms with Gasteiger partial charge in [0.1, 0.15) is 0 Å². The van der Waals surface area contributed by atoms with Crippen LogP contribution < -0.4 is 9.80 Å². The fraction of sp³-hybridized carbons (Fsp3) is 0.185. The van der Waals surface area contributed by atoms with Crippen molar-refractivity contribution in [3.8, 4) is 0 Å². The lowest BCUT2D eigenvalue weighted by Gasteiger charge is -2.21. The number of amides is 3. The lowest BCUT2D eigenvalue weighted by Crippen LogP contribution is -2.29. The summed E-state index contributed by atoms with van der Waals surface area (Å²) in [6, 6.07) is 22.3. The third-order valence-electron chi connectivity index (χ3n) is 5.92. The van der Waals surface area contributed by atoms with Gasteiger partial charge in [-0.2, -0.15) is 0 Å². The van der Waals surface area contributed by atoms with Crippen LogP contribution in [0.2, 0.25) is 0 Å². The lowest BCUT2D eigenvalue weighted by atomic mass is 10.0. The number of hydrogen-bond acceptors (Lipinski definition) is 5. The van der Waals surface area contributed by atoms with Gasteiger partial charge in [0.15, 0.2) is 5.13 Å². The number of imide groups is 1. The van der Waals surface area contributed by atoms with Crippen LogP contribution in [0.25, 0.3) is 10.2 Å². The van der Waals surface area contributed by atoms with Crippen LogP contribution in [0, 0.1) is 0 Å². The van der Waals surface area contributed by atoms with Gasteiger partial charge in [0.05, 0.1) is 21.6 Å². The van der Waals surface area contributed by atoms with E-state index < -0.39 is 0 Å². The Morgan fingerprint density at radius 2 is 1.56 bits per heavy atom. The zero-order valence-electron chi connectivity index (χ0n) is 18.9. The van der Waals surface area contributed by atoms with Crippen molar-refractivity contribution in [3.63, 3.8) is 0 Å². The summed E-state index contributed by atoms with van der Waals surface area (Å²) < 4.78 is 0.996. The second kappa shape index (κ2) is 8.83. The molecular weight excluding hydrogens is 446 g/mol. The molecule has 4 aromatic rings. The Labute approximate surface area is 201 Å². The first kappa shape index (κ1) is 22.0. The molecule has 34 heavy (non-hydrogen) atoms. The van der Waals surface area contributed by atoms with E-state index in [1.54, 1.807) is 29.2 Å². The molecule has 0 spiro atoms. The molecule has 170 valence electrons. The van der Waals surface area contributed by atoms with Crippen molar-refractivity contribution in [2.75, 3.05) is 9.80 Å². The minimum atomic E-state index is -0.234. The van der Waals surface area contributed by atoms with Crippen LogP contribution in [-0.4, -0.2) is 22.7 Å². The molecule has 1 aliphatic heterocycles. The van der Waals surface area contributed by atoms with Crippen LogP contribution in [-0.2, 0) is 9.59 Å². The predicted octanol–water partition coefficient (Wildman–Crippen LogP) is 6.05. The maximum atomic E-state index is 13.7. The Hall–Kier alpha value is -3.84. The van der Waals surface area contributed by atoms with Gasteiger partial charge < -0.3 is 0 Å². The van der Waals surface area contributed by atoms with E-state index in [4.69, 9.17) is 4.98 Å². The van der Waals surface area contributed by atoms with Crippen molar-refractivity contribution in [2.45, 2.75) is 32.6 Å². The third kappa shape index (κ3) is 3.99.